The first-order valence-electron chi connectivity index (χ1n) is 5.09. The van der Waals surface area contributed by atoms with Gasteiger partial charge < -0.3 is 10.1 Å². The standard InChI is InChI=1S/C11H13N3OS2/c1-12-11-14-13-10(17-11)7-16-9-5-3-4-8(6-9)15-2/h3-6H,7H2,1-2H3,(H,12,14). The Morgan fingerprint density at radius 3 is 3.00 bits per heavy atom. The third-order valence-electron chi connectivity index (χ3n) is 2.08. The highest BCUT2D eigenvalue weighted by Gasteiger charge is 2.03. The van der Waals surface area contributed by atoms with E-state index in [0.29, 0.717) is 0 Å². The minimum Gasteiger partial charge on any atom is -0.497 e. The molecule has 0 unspecified atom stereocenters. The summed E-state index contributed by atoms with van der Waals surface area (Å²) < 4.78 is 5.18. The minimum absolute atomic E-state index is 0.826. The van der Waals surface area contributed by atoms with Gasteiger partial charge in [0.25, 0.3) is 0 Å². The molecular weight excluding hydrogens is 254 g/mol. The zero-order chi connectivity index (χ0) is 12.1. The summed E-state index contributed by atoms with van der Waals surface area (Å²) in [6, 6.07) is 8.01. The van der Waals surface area contributed by atoms with Gasteiger partial charge in [-0.15, -0.1) is 22.0 Å². The maximum absolute atomic E-state index is 5.18. The molecule has 2 aromatic rings. The Labute approximate surface area is 108 Å². The fourth-order valence-corrected chi connectivity index (χ4v) is 2.87. The van der Waals surface area contributed by atoms with Crippen LogP contribution < -0.4 is 10.1 Å². The van der Waals surface area contributed by atoms with Crippen LogP contribution >= 0.6 is 23.1 Å². The number of hydrogen-bond donors (Lipinski definition) is 1. The number of benzene rings is 1. The smallest absolute Gasteiger partial charge is 0.205 e. The lowest BCUT2D eigenvalue weighted by atomic mass is 10.3. The van der Waals surface area contributed by atoms with Gasteiger partial charge >= 0.3 is 0 Å². The van der Waals surface area contributed by atoms with E-state index in [-0.39, 0.29) is 0 Å². The Hall–Kier alpha value is -1.27. The van der Waals surface area contributed by atoms with Crippen molar-refractivity contribution >= 4 is 28.2 Å². The Kier molecular flexibility index (Phi) is 4.22. The van der Waals surface area contributed by atoms with E-state index in [1.54, 1.807) is 30.2 Å². The van der Waals surface area contributed by atoms with Gasteiger partial charge in [-0.3, -0.25) is 0 Å². The van der Waals surface area contributed by atoms with Gasteiger partial charge in [-0.05, 0) is 18.2 Å². The summed E-state index contributed by atoms with van der Waals surface area (Å²) in [6.07, 6.45) is 0. The topological polar surface area (TPSA) is 47.0 Å². The van der Waals surface area contributed by atoms with Crippen LogP contribution in [0.3, 0.4) is 0 Å². The lowest BCUT2D eigenvalue weighted by molar-refractivity contribution is 0.413. The van der Waals surface area contributed by atoms with Crippen LogP contribution in [-0.4, -0.2) is 24.4 Å². The molecule has 0 atom stereocenters. The van der Waals surface area contributed by atoms with E-state index in [1.807, 2.05) is 25.2 Å². The number of anilines is 1. The number of nitrogens with zero attached hydrogens (tertiary/aromatic N) is 2. The second-order valence-electron chi connectivity index (χ2n) is 3.22. The van der Waals surface area contributed by atoms with Gasteiger partial charge in [0.2, 0.25) is 5.13 Å². The highest BCUT2D eigenvalue weighted by molar-refractivity contribution is 7.98. The molecule has 0 aliphatic heterocycles. The quantitative estimate of drug-likeness (QED) is 0.844. The minimum atomic E-state index is 0.826. The molecule has 1 aromatic heterocycles. The molecular formula is C11H13N3OS2. The van der Waals surface area contributed by atoms with E-state index in [4.69, 9.17) is 4.74 Å². The summed E-state index contributed by atoms with van der Waals surface area (Å²) in [4.78, 5) is 1.17. The second kappa shape index (κ2) is 5.88. The summed E-state index contributed by atoms with van der Waals surface area (Å²) in [7, 11) is 3.52. The zero-order valence-electron chi connectivity index (χ0n) is 9.64. The molecule has 0 radical (unpaired) electrons. The number of hydrogen-bond acceptors (Lipinski definition) is 6. The molecule has 17 heavy (non-hydrogen) atoms. The van der Waals surface area contributed by atoms with Crippen molar-refractivity contribution in [2.75, 3.05) is 19.5 Å². The molecule has 1 aromatic carbocycles. The molecule has 1 N–H and O–H groups in total. The number of nitrogens with one attached hydrogen (secondary N) is 1. The first-order valence-corrected chi connectivity index (χ1v) is 6.89. The van der Waals surface area contributed by atoms with Gasteiger partial charge in [0.1, 0.15) is 10.8 Å². The normalized spacial score (nSPS) is 10.2. The van der Waals surface area contributed by atoms with Gasteiger partial charge in [-0.1, -0.05) is 17.4 Å². The van der Waals surface area contributed by atoms with Crippen molar-refractivity contribution < 1.29 is 4.74 Å². The number of methoxy groups -OCH3 is 1. The Morgan fingerprint density at radius 1 is 1.41 bits per heavy atom. The summed E-state index contributed by atoms with van der Waals surface area (Å²) in [6.45, 7) is 0. The molecule has 0 fully saturated rings. The summed E-state index contributed by atoms with van der Waals surface area (Å²) in [5.41, 5.74) is 0. The van der Waals surface area contributed by atoms with Crippen LogP contribution in [0.5, 0.6) is 5.75 Å². The average molecular weight is 267 g/mol. The maximum Gasteiger partial charge on any atom is 0.205 e. The maximum atomic E-state index is 5.18. The first-order chi connectivity index (χ1) is 8.31. The molecule has 0 saturated heterocycles. The lowest BCUT2D eigenvalue weighted by Gasteiger charge is -2.02. The van der Waals surface area contributed by atoms with Crippen LogP contribution in [0.15, 0.2) is 29.2 Å². The van der Waals surface area contributed by atoms with Crippen molar-refractivity contribution in [3.8, 4) is 5.75 Å². The molecule has 0 saturated carbocycles. The van der Waals surface area contributed by atoms with E-state index in [0.717, 1.165) is 21.6 Å². The number of ether oxygens (including phenoxy) is 1. The Bertz CT molecular complexity index is 487. The van der Waals surface area contributed by atoms with Gasteiger partial charge in [0, 0.05) is 11.9 Å². The van der Waals surface area contributed by atoms with Crippen molar-refractivity contribution in [3.63, 3.8) is 0 Å². The Balaban J connectivity index is 1.96. The van der Waals surface area contributed by atoms with Crippen molar-refractivity contribution in [1.29, 1.82) is 0 Å². The van der Waals surface area contributed by atoms with E-state index < -0.39 is 0 Å². The SMILES string of the molecule is CNc1nnc(CSc2cccc(OC)c2)s1. The van der Waals surface area contributed by atoms with Gasteiger partial charge in [0.05, 0.1) is 12.9 Å². The molecule has 1 heterocycles. The molecule has 0 bridgehead atoms. The largest absolute Gasteiger partial charge is 0.497 e. The van der Waals surface area contributed by atoms with Gasteiger partial charge in [-0.2, -0.15) is 0 Å². The van der Waals surface area contributed by atoms with Crippen molar-refractivity contribution in [2.45, 2.75) is 10.6 Å². The van der Waals surface area contributed by atoms with Crippen molar-refractivity contribution in [3.05, 3.63) is 29.3 Å². The number of aromatic nitrogens is 2. The second-order valence-corrected chi connectivity index (χ2v) is 5.33. The van der Waals surface area contributed by atoms with Crippen LogP contribution in [0.4, 0.5) is 5.13 Å². The third-order valence-corrected chi connectivity index (χ3v) is 4.21. The molecule has 0 aliphatic rings. The van der Waals surface area contributed by atoms with Gasteiger partial charge in [0.15, 0.2) is 0 Å². The van der Waals surface area contributed by atoms with E-state index in [1.165, 1.54) is 4.90 Å². The van der Waals surface area contributed by atoms with Gasteiger partial charge in [-0.25, -0.2) is 0 Å². The molecule has 6 heteroatoms. The van der Waals surface area contributed by atoms with Crippen LogP contribution in [-0.2, 0) is 5.75 Å². The first kappa shape index (κ1) is 12.2. The van der Waals surface area contributed by atoms with Crippen molar-refractivity contribution in [1.82, 2.24) is 10.2 Å². The van der Waals surface area contributed by atoms with Crippen LogP contribution in [0.2, 0.25) is 0 Å². The molecule has 0 aliphatic carbocycles. The molecule has 0 spiro atoms. The summed E-state index contributed by atoms with van der Waals surface area (Å²) >= 11 is 3.30. The summed E-state index contributed by atoms with van der Waals surface area (Å²) in [5, 5.41) is 12.9. The predicted molar refractivity (Wildman–Crippen MR) is 72.0 cm³/mol. The van der Waals surface area contributed by atoms with Crippen LogP contribution in [0, 0.1) is 0 Å². The Morgan fingerprint density at radius 2 is 2.29 bits per heavy atom. The van der Waals surface area contributed by atoms with E-state index in [9.17, 15) is 0 Å². The third kappa shape index (κ3) is 3.34. The zero-order valence-corrected chi connectivity index (χ0v) is 11.3. The predicted octanol–water partition coefficient (Wildman–Crippen LogP) is 2.88. The van der Waals surface area contributed by atoms with E-state index >= 15 is 0 Å². The fourth-order valence-electron chi connectivity index (χ4n) is 1.25. The van der Waals surface area contributed by atoms with E-state index in [2.05, 4.69) is 21.6 Å². The molecule has 2 rings (SSSR count). The lowest BCUT2D eigenvalue weighted by Crippen LogP contribution is -1.84. The molecule has 4 nitrogen and oxygen atoms in total. The van der Waals surface area contributed by atoms with Crippen LogP contribution in [0.1, 0.15) is 5.01 Å². The number of thioether (sulfide) groups is 1. The number of rotatable bonds is 5. The molecule has 0 amide bonds. The highest BCUT2D eigenvalue weighted by atomic mass is 32.2. The molecule has 90 valence electrons. The van der Waals surface area contributed by atoms with Crippen molar-refractivity contribution in [2.24, 2.45) is 0 Å². The monoisotopic (exact) mass is 267 g/mol. The average Bonchev–Trinajstić information content (AvgIpc) is 2.84. The van der Waals surface area contributed by atoms with Crippen LogP contribution in [0.25, 0.3) is 0 Å². The fraction of sp³-hybridized carbons (Fsp3) is 0.273. The summed E-state index contributed by atoms with van der Waals surface area (Å²) in [5.74, 6) is 1.70. The highest BCUT2D eigenvalue weighted by Crippen LogP contribution is 2.27.